The molecule has 0 nitrogen and oxygen atoms in total. The lowest BCUT2D eigenvalue weighted by molar-refractivity contribution is 0.419. The molecule has 0 N–H and O–H groups in total. The Kier molecular flexibility index (Phi) is 3.35. The van der Waals surface area contributed by atoms with Crippen molar-refractivity contribution in [2.45, 2.75) is 52.9 Å². The molecular weight excluding hydrogens is 156 g/mol. The number of rotatable bonds is 3. The fraction of sp³-hybridized carbons (Fsp3) is 0.692. The zero-order valence-electron chi connectivity index (χ0n) is 9.32. The maximum atomic E-state index is 4.28. The predicted molar refractivity (Wildman–Crippen MR) is 59.8 cm³/mol. The van der Waals surface area contributed by atoms with Crippen LogP contribution < -0.4 is 0 Å². The molecule has 1 rings (SSSR count). The topological polar surface area (TPSA) is 0 Å². The quantitative estimate of drug-likeness (QED) is 0.559. The van der Waals surface area contributed by atoms with E-state index in [9.17, 15) is 0 Å². The maximum absolute atomic E-state index is 4.28. The predicted octanol–water partition coefficient (Wildman–Crippen LogP) is 4.48. The van der Waals surface area contributed by atoms with Crippen molar-refractivity contribution in [1.29, 1.82) is 0 Å². The summed E-state index contributed by atoms with van der Waals surface area (Å²) in [5, 5.41) is 0. The minimum atomic E-state index is 0.415. The molecule has 0 spiro atoms. The van der Waals surface area contributed by atoms with Crippen LogP contribution in [0.4, 0.5) is 0 Å². The van der Waals surface area contributed by atoms with E-state index in [1.807, 2.05) is 0 Å². The van der Waals surface area contributed by atoms with E-state index >= 15 is 0 Å². The first-order chi connectivity index (χ1) is 6.14. The molecule has 0 saturated heterocycles. The van der Waals surface area contributed by atoms with Crippen molar-refractivity contribution in [1.82, 2.24) is 0 Å². The highest BCUT2D eigenvalue weighted by Gasteiger charge is 2.32. The van der Waals surface area contributed by atoms with Gasteiger partial charge < -0.3 is 0 Å². The number of hydrogen-bond donors (Lipinski definition) is 0. The molecule has 0 bridgehead atoms. The van der Waals surface area contributed by atoms with Gasteiger partial charge in [0, 0.05) is 0 Å². The normalized spacial score (nSPS) is 21.9. The van der Waals surface area contributed by atoms with Crippen LogP contribution >= 0.6 is 0 Å². The summed E-state index contributed by atoms with van der Waals surface area (Å²) < 4.78 is 0. The fourth-order valence-electron chi connectivity index (χ4n) is 2.44. The summed E-state index contributed by atoms with van der Waals surface area (Å²) in [6, 6.07) is 0. The molecule has 0 radical (unpaired) electrons. The first-order valence-electron chi connectivity index (χ1n) is 5.49. The van der Waals surface area contributed by atoms with Crippen molar-refractivity contribution in [2.24, 2.45) is 5.41 Å². The molecule has 0 aliphatic heterocycles. The zero-order chi connectivity index (χ0) is 9.90. The van der Waals surface area contributed by atoms with Gasteiger partial charge in [-0.3, -0.25) is 0 Å². The third-order valence-corrected chi connectivity index (χ3v) is 3.55. The molecule has 0 aromatic rings. The Morgan fingerprint density at radius 3 is 2.31 bits per heavy atom. The summed E-state index contributed by atoms with van der Waals surface area (Å²) in [6.45, 7) is 11.0. The highest BCUT2D eigenvalue weighted by molar-refractivity contribution is 5.33. The Hall–Kier alpha value is -0.520. The lowest BCUT2D eigenvalue weighted by Gasteiger charge is -2.28. The van der Waals surface area contributed by atoms with Crippen LogP contribution in [-0.2, 0) is 0 Å². The van der Waals surface area contributed by atoms with Gasteiger partial charge >= 0.3 is 0 Å². The molecule has 1 aliphatic rings. The van der Waals surface area contributed by atoms with Gasteiger partial charge in [-0.1, -0.05) is 39.3 Å². The monoisotopic (exact) mass is 178 g/mol. The van der Waals surface area contributed by atoms with E-state index in [0.29, 0.717) is 5.41 Å². The van der Waals surface area contributed by atoms with E-state index in [1.165, 1.54) is 36.8 Å². The largest absolute Gasteiger partial charge is 0.0950 e. The molecule has 13 heavy (non-hydrogen) atoms. The van der Waals surface area contributed by atoms with Crippen LogP contribution in [0.15, 0.2) is 23.8 Å². The maximum Gasteiger partial charge on any atom is -0.00785 e. The van der Waals surface area contributed by atoms with Gasteiger partial charge in [0.25, 0.3) is 0 Å². The number of hydrogen-bond acceptors (Lipinski definition) is 0. The molecule has 0 amide bonds. The van der Waals surface area contributed by atoms with Crippen LogP contribution in [0.25, 0.3) is 0 Å². The third-order valence-electron chi connectivity index (χ3n) is 3.55. The average Bonchev–Trinajstić information content (AvgIpc) is 2.55. The minimum Gasteiger partial charge on any atom is -0.0950 e. The Morgan fingerprint density at radius 1 is 1.38 bits per heavy atom. The van der Waals surface area contributed by atoms with Crippen molar-refractivity contribution in [2.75, 3.05) is 0 Å². The Balaban J connectivity index is 2.76. The van der Waals surface area contributed by atoms with Crippen LogP contribution in [0, 0.1) is 5.41 Å². The standard InChI is InChI=1S/C13H22/c1-5-12(6-2)11(3)13(4)9-7-8-10-13/h5H,3,6-10H2,1-2,4H3. The van der Waals surface area contributed by atoms with Gasteiger partial charge in [0.2, 0.25) is 0 Å². The van der Waals surface area contributed by atoms with Gasteiger partial charge in [-0.25, -0.2) is 0 Å². The van der Waals surface area contributed by atoms with Crippen LogP contribution in [0.5, 0.6) is 0 Å². The molecule has 0 aromatic carbocycles. The molecule has 0 aromatic heterocycles. The summed E-state index contributed by atoms with van der Waals surface area (Å²) in [5.74, 6) is 0. The molecule has 0 heterocycles. The Labute approximate surface area is 82.7 Å². The molecule has 1 aliphatic carbocycles. The Morgan fingerprint density at radius 2 is 1.92 bits per heavy atom. The zero-order valence-corrected chi connectivity index (χ0v) is 9.32. The minimum absolute atomic E-state index is 0.415. The van der Waals surface area contributed by atoms with Crippen molar-refractivity contribution >= 4 is 0 Å². The van der Waals surface area contributed by atoms with Crippen LogP contribution in [-0.4, -0.2) is 0 Å². The molecule has 0 heteroatoms. The van der Waals surface area contributed by atoms with Crippen molar-refractivity contribution in [3.63, 3.8) is 0 Å². The summed E-state index contributed by atoms with van der Waals surface area (Å²) >= 11 is 0. The van der Waals surface area contributed by atoms with Gasteiger partial charge in [-0.15, -0.1) is 0 Å². The second-order valence-electron chi connectivity index (χ2n) is 4.41. The highest BCUT2D eigenvalue weighted by Crippen LogP contribution is 2.45. The van der Waals surface area contributed by atoms with Gasteiger partial charge in [0.1, 0.15) is 0 Å². The highest BCUT2D eigenvalue weighted by atomic mass is 14.4. The van der Waals surface area contributed by atoms with Gasteiger partial charge in [0.05, 0.1) is 0 Å². The van der Waals surface area contributed by atoms with Gasteiger partial charge in [-0.05, 0) is 42.7 Å². The second-order valence-corrected chi connectivity index (χ2v) is 4.41. The van der Waals surface area contributed by atoms with E-state index in [4.69, 9.17) is 0 Å². The molecule has 1 fully saturated rings. The van der Waals surface area contributed by atoms with E-state index in [-0.39, 0.29) is 0 Å². The van der Waals surface area contributed by atoms with E-state index < -0.39 is 0 Å². The summed E-state index contributed by atoms with van der Waals surface area (Å²) in [7, 11) is 0. The second kappa shape index (κ2) is 4.13. The molecule has 0 unspecified atom stereocenters. The van der Waals surface area contributed by atoms with Crippen molar-refractivity contribution in [3.8, 4) is 0 Å². The summed E-state index contributed by atoms with van der Waals surface area (Å²) in [5.41, 5.74) is 3.28. The van der Waals surface area contributed by atoms with Gasteiger partial charge in [0.15, 0.2) is 0 Å². The molecule has 0 atom stereocenters. The third kappa shape index (κ3) is 2.04. The summed E-state index contributed by atoms with van der Waals surface area (Å²) in [6.07, 6.45) is 8.80. The average molecular weight is 178 g/mol. The smallest absolute Gasteiger partial charge is 0.00785 e. The molecular formula is C13H22. The Bertz CT molecular complexity index is 214. The molecule has 1 saturated carbocycles. The lowest BCUT2D eigenvalue weighted by atomic mass is 9.77. The molecule has 74 valence electrons. The van der Waals surface area contributed by atoms with Crippen molar-refractivity contribution in [3.05, 3.63) is 23.8 Å². The van der Waals surface area contributed by atoms with E-state index in [1.54, 1.807) is 0 Å². The fourth-order valence-corrected chi connectivity index (χ4v) is 2.44. The van der Waals surface area contributed by atoms with Crippen LogP contribution in [0.2, 0.25) is 0 Å². The van der Waals surface area contributed by atoms with Crippen molar-refractivity contribution < 1.29 is 0 Å². The summed E-state index contributed by atoms with van der Waals surface area (Å²) in [4.78, 5) is 0. The van der Waals surface area contributed by atoms with Crippen LogP contribution in [0.1, 0.15) is 52.9 Å². The SMILES string of the molecule is C=C(C(=CC)CC)C1(C)CCCC1. The van der Waals surface area contributed by atoms with E-state index in [2.05, 4.69) is 33.4 Å². The first kappa shape index (κ1) is 10.6. The lowest BCUT2D eigenvalue weighted by Crippen LogP contribution is -2.15. The van der Waals surface area contributed by atoms with E-state index in [0.717, 1.165) is 6.42 Å². The first-order valence-corrected chi connectivity index (χ1v) is 5.49. The number of allylic oxidation sites excluding steroid dienone is 3. The van der Waals surface area contributed by atoms with Crippen LogP contribution in [0.3, 0.4) is 0 Å². The van der Waals surface area contributed by atoms with Gasteiger partial charge in [-0.2, -0.15) is 0 Å².